The minimum Gasteiger partial charge on any atom is -0.480 e. The number of carbonyl (C=O) groups excluding carboxylic acids is 2. The summed E-state index contributed by atoms with van der Waals surface area (Å²) in [7, 11) is 0. The lowest BCUT2D eigenvalue weighted by molar-refractivity contribution is -0.139. The summed E-state index contributed by atoms with van der Waals surface area (Å²) in [5.74, 6) is -1.78. The molecule has 1 saturated heterocycles. The Labute approximate surface area is 116 Å². The lowest BCUT2D eigenvalue weighted by Gasteiger charge is -2.32. The highest BCUT2D eigenvalue weighted by Crippen LogP contribution is 2.15. The van der Waals surface area contributed by atoms with Crippen LogP contribution in [0.4, 0.5) is 4.79 Å². The first-order valence-electron chi connectivity index (χ1n) is 6.61. The summed E-state index contributed by atoms with van der Waals surface area (Å²) in [6, 6.07) is -1.62. The maximum atomic E-state index is 12.0. The lowest BCUT2D eigenvalue weighted by Crippen LogP contribution is -2.51. The van der Waals surface area contributed by atoms with Crippen molar-refractivity contribution in [1.29, 1.82) is 0 Å². The summed E-state index contributed by atoms with van der Waals surface area (Å²) in [4.78, 5) is 35.2. The number of hydrogen-bond acceptors (Lipinski definition) is 4. The van der Waals surface area contributed by atoms with E-state index in [0.717, 1.165) is 12.8 Å². The Balaban J connectivity index is 2.52. The Morgan fingerprint density at radius 2 is 2.10 bits per heavy atom. The van der Waals surface area contributed by atoms with Gasteiger partial charge in [0.1, 0.15) is 6.04 Å². The molecule has 0 bridgehead atoms. The number of aliphatic carboxylic acids is 1. The highest BCUT2D eigenvalue weighted by molar-refractivity contribution is 5.83. The van der Waals surface area contributed by atoms with Crippen molar-refractivity contribution in [1.82, 2.24) is 10.2 Å². The van der Waals surface area contributed by atoms with Crippen molar-refractivity contribution in [3.05, 3.63) is 0 Å². The van der Waals surface area contributed by atoms with Gasteiger partial charge >= 0.3 is 12.0 Å². The molecule has 0 spiro atoms. The third-order valence-electron chi connectivity index (χ3n) is 3.34. The molecule has 0 aliphatic carbocycles. The molecule has 1 aliphatic rings. The number of carbonyl (C=O) groups is 3. The molecule has 20 heavy (non-hydrogen) atoms. The summed E-state index contributed by atoms with van der Waals surface area (Å²) >= 11 is 0. The Morgan fingerprint density at radius 1 is 1.40 bits per heavy atom. The number of piperidine rings is 1. The van der Waals surface area contributed by atoms with Gasteiger partial charge in [0.15, 0.2) is 0 Å². The van der Waals surface area contributed by atoms with Gasteiger partial charge in [0, 0.05) is 26.1 Å². The molecule has 8 nitrogen and oxygen atoms in total. The summed E-state index contributed by atoms with van der Waals surface area (Å²) in [6.45, 7) is 0.947. The highest BCUT2D eigenvalue weighted by Gasteiger charge is 2.27. The normalized spacial score (nSPS) is 20.2. The average Bonchev–Trinajstić information content (AvgIpc) is 2.42. The second-order valence-electron chi connectivity index (χ2n) is 4.98. The van der Waals surface area contributed by atoms with Crippen LogP contribution in [0.2, 0.25) is 0 Å². The van der Waals surface area contributed by atoms with Crippen LogP contribution in [0.25, 0.3) is 0 Å². The second-order valence-corrected chi connectivity index (χ2v) is 4.98. The molecule has 1 aliphatic heterocycles. The molecule has 1 unspecified atom stereocenters. The molecule has 0 aromatic heterocycles. The van der Waals surface area contributed by atoms with Crippen molar-refractivity contribution in [2.24, 2.45) is 11.7 Å². The van der Waals surface area contributed by atoms with E-state index in [2.05, 4.69) is 5.32 Å². The number of rotatable bonds is 6. The van der Waals surface area contributed by atoms with E-state index in [1.165, 1.54) is 4.90 Å². The van der Waals surface area contributed by atoms with Gasteiger partial charge in [-0.15, -0.1) is 0 Å². The van der Waals surface area contributed by atoms with E-state index in [-0.39, 0.29) is 25.4 Å². The number of primary amides is 1. The first-order valence-corrected chi connectivity index (χ1v) is 6.61. The number of aliphatic hydroxyl groups excluding tert-OH is 1. The molecule has 1 rings (SSSR count). The van der Waals surface area contributed by atoms with Gasteiger partial charge < -0.3 is 26.2 Å². The lowest BCUT2D eigenvalue weighted by atomic mass is 9.99. The zero-order chi connectivity index (χ0) is 15.1. The zero-order valence-electron chi connectivity index (χ0n) is 11.2. The van der Waals surface area contributed by atoms with Gasteiger partial charge in [0.05, 0.1) is 0 Å². The number of urea groups is 1. The molecule has 3 amide bonds. The number of carboxylic acid groups (broad SMARTS) is 1. The van der Waals surface area contributed by atoms with Crippen LogP contribution in [-0.4, -0.2) is 58.8 Å². The number of nitrogens with two attached hydrogens (primary N) is 1. The number of nitrogens with one attached hydrogen (secondary N) is 1. The van der Waals surface area contributed by atoms with Crippen molar-refractivity contribution in [2.45, 2.75) is 31.7 Å². The molecule has 0 aromatic rings. The van der Waals surface area contributed by atoms with Gasteiger partial charge in [-0.3, -0.25) is 4.79 Å². The van der Waals surface area contributed by atoms with E-state index in [1.807, 2.05) is 0 Å². The van der Waals surface area contributed by atoms with E-state index >= 15 is 0 Å². The Morgan fingerprint density at radius 3 is 2.65 bits per heavy atom. The first kappa shape index (κ1) is 16.2. The van der Waals surface area contributed by atoms with Crippen LogP contribution in [0.1, 0.15) is 25.7 Å². The largest absolute Gasteiger partial charge is 0.480 e. The summed E-state index contributed by atoms with van der Waals surface area (Å²) in [5, 5.41) is 20.5. The SMILES string of the molecule is NC(=O)CC[C@H](NC(=O)N1CCCC(CO)C1)C(=O)O. The van der Waals surface area contributed by atoms with Crippen LogP contribution in [-0.2, 0) is 9.59 Å². The molecular weight excluding hydrogens is 266 g/mol. The molecular formula is C12H21N3O5. The monoisotopic (exact) mass is 287 g/mol. The molecule has 0 aromatic carbocycles. The standard InChI is InChI=1S/C12H21N3O5/c13-10(17)4-3-9(11(18)19)14-12(20)15-5-1-2-8(6-15)7-16/h8-9,16H,1-7H2,(H2,13,17)(H,14,20)(H,18,19)/t8?,9-/m0/s1. The molecule has 8 heteroatoms. The predicted molar refractivity (Wildman–Crippen MR) is 69.8 cm³/mol. The number of nitrogens with zero attached hydrogens (tertiary/aromatic N) is 1. The Bertz CT molecular complexity index is 374. The van der Waals surface area contributed by atoms with Crippen LogP contribution in [0.15, 0.2) is 0 Å². The van der Waals surface area contributed by atoms with Crippen LogP contribution in [0.5, 0.6) is 0 Å². The topological polar surface area (TPSA) is 133 Å². The number of carboxylic acids is 1. The Kier molecular flexibility index (Phi) is 6.23. The number of hydrogen-bond donors (Lipinski definition) is 4. The van der Waals surface area contributed by atoms with E-state index < -0.39 is 23.9 Å². The molecule has 114 valence electrons. The minimum absolute atomic E-state index is 0.00775. The quantitative estimate of drug-likeness (QED) is 0.503. The van der Waals surface area contributed by atoms with Gasteiger partial charge in [-0.1, -0.05) is 0 Å². The number of amides is 3. The fourth-order valence-electron chi connectivity index (χ4n) is 2.18. The molecule has 1 fully saturated rings. The molecule has 1 heterocycles. The van der Waals surface area contributed by atoms with E-state index in [4.69, 9.17) is 15.9 Å². The van der Waals surface area contributed by atoms with E-state index in [0.29, 0.717) is 13.1 Å². The van der Waals surface area contributed by atoms with Gasteiger partial charge in [-0.05, 0) is 25.2 Å². The summed E-state index contributed by atoms with van der Waals surface area (Å²) < 4.78 is 0. The van der Waals surface area contributed by atoms with Crippen molar-refractivity contribution in [3.8, 4) is 0 Å². The van der Waals surface area contributed by atoms with Gasteiger partial charge in [0.2, 0.25) is 5.91 Å². The summed E-state index contributed by atoms with van der Waals surface area (Å²) in [5.41, 5.74) is 4.97. The maximum Gasteiger partial charge on any atom is 0.326 e. The highest BCUT2D eigenvalue weighted by atomic mass is 16.4. The third kappa shape index (κ3) is 5.04. The molecule has 5 N–H and O–H groups in total. The van der Waals surface area contributed by atoms with Crippen LogP contribution in [0, 0.1) is 5.92 Å². The van der Waals surface area contributed by atoms with Crippen molar-refractivity contribution < 1.29 is 24.6 Å². The van der Waals surface area contributed by atoms with Crippen LogP contribution < -0.4 is 11.1 Å². The fraction of sp³-hybridized carbons (Fsp3) is 0.750. The molecule has 2 atom stereocenters. The molecule has 0 saturated carbocycles. The maximum absolute atomic E-state index is 12.0. The van der Waals surface area contributed by atoms with E-state index in [9.17, 15) is 14.4 Å². The number of likely N-dealkylation sites (tertiary alicyclic amines) is 1. The predicted octanol–water partition coefficient (Wildman–Crippen LogP) is -0.881. The van der Waals surface area contributed by atoms with Gasteiger partial charge in [-0.2, -0.15) is 0 Å². The van der Waals surface area contributed by atoms with Gasteiger partial charge in [0.25, 0.3) is 0 Å². The minimum atomic E-state index is -1.20. The van der Waals surface area contributed by atoms with Crippen molar-refractivity contribution in [3.63, 3.8) is 0 Å². The smallest absolute Gasteiger partial charge is 0.326 e. The van der Waals surface area contributed by atoms with Crippen molar-refractivity contribution in [2.75, 3.05) is 19.7 Å². The van der Waals surface area contributed by atoms with Crippen LogP contribution >= 0.6 is 0 Å². The second kappa shape index (κ2) is 7.68. The number of aliphatic hydroxyl groups is 1. The fourth-order valence-corrected chi connectivity index (χ4v) is 2.18. The average molecular weight is 287 g/mol. The van der Waals surface area contributed by atoms with Gasteiger partial charge in [-0.25, -0.2) is 9.59 Å². The third-order valence-corrected chi connectivity index (χ3v) is 3.34. The zero-order valence-corrected chi connectivity index (χ0v) is 11.2. The van der Waals surface area contributed by atoms with Crippen molar-refractivity contribution >= 4 is 17.9 Å². The molecule has 0 radical (unpaired) electrons. The Hall–Kier alpha value is -1.83. The summed E-state index contributed by atoms with van der Waals surface area (Å²) in [6.07, 6.45) is 1.49. The van der Waals surface area contributed by atoms with Crippen LogP contribution in [0.3, 0.4) is 0 Å². The first-order chi connectivity index (χ1) is 9.43. The van der Waals surface area contributed by atoms with E-state index in [1.54, 1.807) is 0 Å².